The Morgan fingerprint density at radius 1 is 1.07 bits per heavy atom. The number of carbonyl (C=O) groups excluding carboxylic acids is 1. The molecule has 0 spiro atoms. The summed E-state index contributed by atoms with van der Waals surface area (Å²) in [7, 11) is -0.589. The number of methoxy groups -OCH3 is 2. The molecule has 0 radical (unpaired) electrons. The highest BCUT2D eigenvalue weighted by Crippen LogP contribution is 2.46. The van der Waals surface area contributed by atoms with Crippen LogP contribution in [0.1, 0.15) is 18.4 Å². The van der Waals surface area contributed by atoms with Crippen molar-refractivity contribution in [3.63, 3.8) is 0 Å². The normalized spacial score (nSPS) is 16.9. The van der Waals surface area contributed by atoms with Crippen LogP contribution in [0.25, 0.3) is 0 Å². The second kappa shape index (κ2) is 8.06. The summed E-state index contributed by atoms with van der Waals surface area (Å²) in [6.07, 6.45) is 2.28. The minimum absolute atomic E-state index is 0.00531. The zero-order chi connectivity index (χ0) is 21.3. The fourth-order valence-corrected chi connectivity index (χ4v) is 5.53. The van der Waals surface area contributed by atoms with Crippen molar-refractivity contribution in [2.45, 2.75) is 25.3 Å². The van der Waals surface area contributed by atoms with Crippen molar-refractivity contribution in [3.8, 4) is 11.5 Å². The van der Waals surface area contributed by atoms with Crippen molar-refractivity contribution in [1.29, 1.82) is 0 Å². The molecule has 1 heterocycles. The van der Waals surface area contributed by atoms with Crippen LogP contribution in [0.15, 0.2) is 42.5 Å². The number of hydrogen-bond acceptors (Lipinski definition) is 5. The van der Waals surface area contributed by atoms with Crippen LogP contribution in [-0.2, 0) is 21.4 Å². The fraction of sp³-hybridized carbons (Fsp3) is 0.381. The van der Waals surface area contributed by atoms with Gasteiger partial charge in [0.1, 0.15) is 6.54 Å². The van der Waals surface area contributed by atoms with Gasteiger partial charge in [-0.3, -0.25) is 4.79 Å². The monoisotopic (exact) mass is 431 g/mol. The number of fused-ring (bicyclic) bond motifs is 1. The first-order chi connectivity index (χ1) is 14.5. The molecule has 30 heavy (non-hydrogen) atoms. The zero-order valence-corrected chi connectivity index (χ0v) is 17.8. The second-order valence-corrected chi connectivity index (χ2v) is 9.05. The molecule has 2 aliphatic rings. The summed E-state index contributed by atoms with van der Waals surface area (Å²) in [6.45, 7) is 0.144. The Morgan fingerprint density at radius 2 is 1.77 bits per heavy atom. The topological polar surface area (TPSA) is 88.2 Å². The fourth-order valence-electron chi connectivity index (χ4n) is 3.65. The number of anilines is 2. The Hall–Kier alpha value is -2.94. The Kier molecular flexibility index (Phi) is 5.46. The van der Waals surface area contributed by atoms with Gasteiger partial charge in [0.25, 0.3) is 0 Å². The minimum Gasteiger partial charge on any atom is -0.493 e. The number of nitrogens with zero attached hydrogens (tertiary/aromatic N) is 2. The third-order valence-corrected chi connectivity index (χ3v) is 7.14. The molecule has 1 aliphatic carbocycles. The Bertz CT molecular complexity index is 1050. The Labute approximate surface area is 176 Å². The molecule has 160 valence electrons. The number of nitrogens with one attached hydrogen (secondary N) is 1. The average molecular weight is 432 g/mol. The number of carbonyl (C=O) groups is 1. The van der Waals surface area contributed by atoms with E-state index in [1.807, 2.05) is 24.3 Å². The van der Waals surface area contributed by atoms with Gasteiger partial charge in [0.2, 0.25) is 5.91 Å². The van der Waals surface area contributed by atoms with Gasteiger partial charge in [-0.1, -0.05) is 18.2 Å². The molecule has 1 saturated carbocycles. The van der Waals surface area contributed by atoms with Gasteiger partial charge in [-0.05, 0) is 49.1 Å². The molecule has 0 saturated heterocycles. The third-order valence-electron chi connectivity index (χ3n) is 5.26. The van der Waals surface area contributed by atoms with Gasteiger partial charge >= 0.3 is 10.2 Å². The van der Waals surface area contributed by atoms with Crippen LogP contribution in [0.4, 0.5) is 11.4 Å². The maximum atomic E-state index is 13.0. The summed E-state index contributed by atoms with van der Waals surface area (Å²) in [5, 5.41) is 2.82. The number of hydrogen-bond donors (Lipinski definition) is 1. The minimum atomic E-state index is -3.74. The molecular formula is C21H25N3O5S. The first kappa shape index (κ1) is 20.3. The molecule has 4 rings (SSSR count). The first-order valence-electron chi connectivity index (χ1n) is 9.84. The molecule has 8 nitrogen and oxygen atoms in total. The predicted molar refractivity (Wildman–Crippen MR) is 114 cm³/mol. The van der Waals surface area contributed by atoms with Crippen molar-refractivity contribution in [3.05, 3.63) is 48.0 Å². The summed E-state index contributed by atoms with van der Waals surface area (Å²) in [4.78, 5) is 12.5. The van der Waals surface area contributed by atoms with E-state index in [1.165, 1.54) is 8.61 Å². The van der Waals surface area contributed by atoms with Crippen LogP contribution in [0, 0.1) is 0 Å². The van der Waals surface area contributed by atoms with Crippen LogP contribution < -0.4 is 23.4 Å². The molecule has 0 aromatic heterocycles. The smallest absolute Gasteiger partial charge is 0.327 e. The first-order valence-corrected chi connectivity index (χ1v) is 11.2. The van der Waals surface area contributed by atoms with E-state index < -0.39 is 10.2 Å². The third kappa shape index (κ3) is 3.77. The summed E-state index contributed by atoms with van der Waals surface area (Å²) in [5.41, 5.74) is 2.18. The van der Waals surface area contributed by atoms with Gasteiger partial charge < -0.3 is 14.8 Å². The molecule has 2 aromatic rings. The second-order valence-electron chi connectivity index (χ2n) is 7.32. The lowest BCUT2D eigenvalue weighted by molar-refractivity contribution is -0.119. The molecule has 1 N–H and O–H groups in total. The van der Waals surface area contributed by atoms with Crippen LogP contribution in [-0.4, -0.2) is 47.7 Å². The number of ether oxygens (including phenoxy) is 2. The van der Waals surface area contributed by atoms with E-state index in [9.17, 15) is 13.2 Å². The number of amides is 1. The van der Waals surface area contributed by atoms with Gasteiger partial charge in [-0.15, -0.1) is 0 Å². The number of benzene rings is 2. The largest absolute Gasteiger partial charge is 0.493 e. The molecular weight excluding hydrogens is 406 g/mol. The lowest BCUT2D eigenvalue weighted by Crippen LogP contribution is -2.44. The molecule has 0 atom stereocenters. The highest BCUT2D eigenvalue weighted by Gasteiger charge is 2.47. The molecule has 9 heteroatoms. The van der Waals surface area contributed by atoms with Crippen molar-refractivity contribution >= 4 is 27.5 Å². The van der Waals surface area contributed by atoms with E-state index in [0.29, 0.717) is 35.8 Å². The molecule has 2 aromatic carbocycles. The van der Waals surface area contributed by atoms with Gasteiger partial charge in [0.15, 0.2) is 11.5 Å². The van der Waals surface area contributed by atoms with Crippen LogP contribution in [0.3, 0.4) is 0 Å². The van der Waals surface area contributed by atoms with E-state index in [2.05, 4.69) is 5.32 Å². The molecule has 1 aliphatic heterocycles. The number of rotatable bonds is 8. The molecule has 0 unspecified atom stereocenters. The lowest BCUT2D eigenvalue weighted by atomic mass is 10.1. The lowest BCUT2D eigenvalue weighted by Gasteiger charge is -2.21. The molecule has 1 amide bonds. The van der Waals surface area contributed by atoms with Gasteiger partial charge in [0.05, 0.1) is 25.6 Å². The standard InChI is InChI=1S/C21H25N3O5S/c1-28-19-10-7-15(13-20(19)29-2)11-12-22-21(25)14-23-17-5-3-4-6-18(17)24(16-8-9-16)30(23,26)27/h3-7,10,13,16H,8-9,11-12,14H2,1-2H3,(H,22,25). The maximum Gasteiger partial charge on any atom is 0.327 e. The van der Waals surface area contributed by atoms with Crippen molar-refractivity contribution in [2.75, 3.05) is 35.9 Å². The summed E-state index contributed by atoms with van der Waals surface area (Å²) >= 11 is 0. The van der Waals surface area contributed by atoms with Gasteiger partial charge in [0, 0.05) is 12.6 Å². The average Bonchev–Trinajstić information content (AvgIpc) is 3.54. The quantitative estimate of drug-likeness (QED) is 0.692. The summed E-state index contributed by atoms with van der Waals surface area (Å²) in [5.74, 6) is 0.927. The Balaban J connectivity index is 1.40. The van der Waals surface area contributed by atoms with Gasteiger partial charge in [-0.2, -0.15) is 8.42 Å². The molecule has 0 bridgehead atoms. The predicted octanol–water partition coefficient (Wildman–Crippen LogP) is 2.10. The SMILES string of the molecule is COc1ccc(CCNC(=O)CN2c3ccccc3N(C3CC3)S2(=O)=O)cc1OC. The van der Waals surface area contributed by atoms with Crippen molar-refractivity contribution in [2.24, 2.45) is 0 Å². The molecule has 1 fully saturated rings. The van der Waals surface area contributed by atoms with Crippen molar-refractivity contribution in [1.82, 2.24) is 5.32 Å². The van der Waals surface area contributed by atoms with E-state index in [1.54, 1.807) is 32.4 Å². The zero-order valence-electron chi connectivity index (χ0n) is 17.0. The summed E-state index contributed by atoms with van der Waals surface area (Å²) < 4.78 is 39.3. The highest BCUT2D eigenvalue weighted by molar-refractivity contribution is 7.94. The van der Waals surface area contributed by atoms with E-state index in [4.69, 9.17) is 9.47 Å². The number of para-hydroxylation sites is 2. The summed E-state index contributed by atoms with van der Waals surface area (Å²) in [6, 6.07) is 12.7. The highest BCUT2D eigenvalue weighted by atomic mass is 32.2. The Morgan fingerprint density at radius 3 is 2.43 bits per heavy atom. The van der Waals surface area contributed by atoms with Crippen LogP contribution in [0.2, 0.25) is 0 Å². The van der Waals surface area contributed by atoms with E-state index in [0.717, 1.165) is 18.4 Å². The van der Waals surface area contributed by atoms with Crippen molar-refractivity contribution < 1.29 is 22.7 Å². The van der Waals surface area contributed by atoms with E-state index >= 15 is 0 Å². The van der Waals surface area contributed by atoms with Crippen LogP contribution >= 0.6 is 0 Å². The van der Waals surface area contributed by atoms with Crippen LogP contribution in [0.5, 0.6) is 11.5 Å². The maximum absolute atomic E-state index is 13.0. The van der Waals surface area contributed by atoms with E-state index in [-0.39, 0.29) is 18.5 Å². The van der Waals surface area contributed by atoms with Gasteiger partial charge in [-0.25, -0.2) is 8.61 Å².